The molecule has 2 N–H and O–H groups in total. The molecule has 8 heteroatoms. The average molecular weight is 284 g/mol. The van der Waals surface area contributed by atoms with Gasteiger partial charge in [0.1, 0.15) is 11.5 Å². The summed E-state index contributed by atoms with van der Waals surface area (Å²) in [5, 5.41) is 16.7. The Kier molecular flexibility index (Phi) is 3.42. The highest BCUT2D eigenvalue weighted by molar-refractivity contribution is 5.91. The monoisotopic (exact) mass is 284 g/mol. The lowest BCUT2D eigenvalue weighted by Gasteiger charge is -2.03. The van der Waals surface area contributed by atoms with Gasteiger partial charge < -0.3 is 5.32 Å². The van der Waals surface area contributed by atoms with Crippen LogP contribution >= 0.6 is 0 Å². The summed E-state index contributed by atoms with van der Waals surface area (Å²) in [7, 11) is 0. The van der Waals surface area contributed by atoms with E-state index in [0.717, 1.165) is 11.5 Å². The van der Waals surface area contributed by atoms with Crippen LogP contribution in [0, 0.1) is 0 Å². The maximum Gasteiger partial charge on any atom is 0.271 e. The van der Waals surface area contributed by atoms with E-state index in [1.165, 1.54) is 12.1 Å². The van der Waals surface area contributed by atoms with E-state index in [0.29, 0.717) is 13.0 Å². The third-order valence-corrected chi connectivity index (χ3v) is 2.93. The summed E-state index contributed by atoms with van der Waals surface area (Å²) < 4.78 is 1.87. The first kappa shape index (κ1) is 13.0. The lowest BCUT2D eigenvalue weighted by Crippen LogP contribution is -2.28. The maximum absolute atomic E-state index is 11.8. The molecule has 0 bridgehead atoms. The number of aromatic nitrogens is 5. The standard InChI is InChI=1S/C13H12N6O2/c20-12-5-4-9(15-18-12)13(21)14-7-6-11-17-16-10-3-1-2-8-19(10)11/h1-5,8H,6-7H2,(H,14,21)(H,18,20). The van der Waals surface area contributed by atoms with Gasteiger partial charge in [-0.25, -0.2) is 5.10 Å². The molecule has 106 valence electrons. The van der Waals surface area contributed by atoms with Crippen molar-refractivity contribution in [1.29, 1.82) is 0 Å². The van der Waals surface area contributed by atoms with Crippen LogP contribution in [0.3, 0.4) is 0 Å². The maximum atomic E-state index is 11.8. The van der Waals surface area contributed by atoms with Gasteiger partial charge in [0.2, 0.25) is 0 Å². The van der Waals surface area contributed by atoms with Crippen molar-refractivity contribution in [2.45, 2.75) is 6.42 Å². The van der Waals surface area contributed by atoms with Gasteiger partial charge in [-0.3, -0.25) is 14.0 Å². The van der Waals surface area contributed by atoms with Crippen LogP contribution in [0.1, 0.15) is 16.3 Å². The van der Waals surface area contributed by atoms with Crippen molar-refractivity contribution >= 4 is 11.6 Å². The summed E-state index contributed by atoms with van der Waals surface area (Å²) in [4.78, 5) is 22.7. The van der Waals surface area contributed by atoms with Gasteiger partial charge in [-0.2, -0.15) is 5.10 Å². The van der Waals surface area contributed by atoms with Crippen LogP contribution in [0.4, 0.5) is 0 Å². The van der Waals surface area contributed by atoms with E-state index in [4.69, 9.17) is 0 Å². The molecule has 21 heavy (non-hydrogen) atoms. The molecular weight excluding hydrogens is 272 g/mol. The first-order valence-electron chi connectivity index (χ1n) is 6.36. The van der Waals surface area contributed by atoms with E-state index < -0.39 is 0 Å². The first-order chi connectivity index (χ1) is 10.2. The van der Waals surface area contributed by atoms with Crippen LogP contribution in [-0.4, -0.2) is 37.2 Å². The van der Waals surface area contributed by atoms with Crippen LogP contribution < -0.4 is 10.9 Å². The lowest BCUT2D eigenvalue weighted by atomic mass is 10.3. The highest BCUT2D eigenvalue weighted by Gasteiger charge is 2.08. The number of carbonyl (C=O) groups excluding carboxylic acids is 1. The summed E-state index contributed by atoms with van der Waals surface area (Å²) in [6.07, 6.45) is 2.41. The minimum atomic E-state index is -0.347. The molecule has 0 saturated carbocycles. The number of hydrogen-bond donors (Lipinski definition) is 2. The Morgan fingerprint density at radius 2 is 2.14 bits per heavy atom. The lowest BCUT2D eigenvalue weighted by molar-refractivity contribution is 0.0948. The molecule has 0 atom stereocenters. The fourth-order valence-corrected chi connectivity index (χ4v) is 1.91. The predicted molar refractivity (Wildman–Crippen MR) is 73.9 cm³/mol. The molecule has 0 unspecified atom stereocenters. The number of aromatic amines is 1. The van der Waals surface area contributed by atoms with Crippen molar-refractivity contribution in [2.75, 3.05) is 6.54 Å². The molecule has 8 nitrogen and oxygen atoms in total. The number of nitrogens with zero attached hydrogens (tertiary/aromatic N) is 4. The van der Waals surface area contributed by atoms with Gasteiger partial charge in [-0.05, 0) is 18.2 Å². The van der Waals surface area contributed by atoms with E-state index >= 15 is 0 Å². The van der Waals surface area contributed by atoms with Gasteiger partial charge in [0.05, 0.1) is 0 Å². The molecule has 0 aliphatic heterocycles. The molecule has 0 aromatic carbocycles. The molecule has 0 fully saturated rings. The number of carbonyl (C=O) groups is 1. The number of fused-ring (bicyclic) bond motifs is 1. The number of rotatable bonds is 4. The Hall–Kier alpha value is -3.03. The topological polar surface area (TPSA) is 105 Å². The van der Waals surface area contributed by atoms with E-state index in [1.807, 2.05) is 28.8 Å². The summed E-state index contributed by atoms with van der Waals surface area (Å²) >= 11 is 0. The number of H-pyrrole nitrogens is 1. The van der Waals surface area contributed by atoms with Gasteiger partial charge in [0.25, 0.3) is 11.5 Å². The van der Waals surface area contributed by atoms with Gasteiger partial charge >= 0.3 is 0 Å². The average Bonchev–Trinajstić information content (AvgIpc) is 2.91. The van der Waals surface area contributed by atoms with E-state index in [-0.39, 0.29) is 17.2 Å². The Bertz CT molecular complexity index is 817. The third kappa shape index (κ3) is 2.78. The van der Waals surface area contributed by atoms with Gasteiger partial charge in [-0.15, -0.1) is 10.2 Å². The van der Waals surface area contributed by atoms with Crippen LogP contribution in [0.15, 0.2) is 41.3 Å². The molecule has 3 rings (SSSR count). The van der Waals surface area contributed by atoms with Crippen molar-refractivity contribution in [2.24, 2.45) is 0 Å². The zero-order chi connectivity index (χ0) is 14.7. The van der Waals surface area contributed by atoms with Crippen molar-refractivity contribution < 1.29 is 4.79 Å². The Morgan fingerprint density at radius 1 is 1.24 bits per heavy atom. The number of amides is 1. The minimum Gasteiger partial charge on any atom is -0.350 e. The molecule has 3 aromatic rings. The van der Waals surface area contributed by atoms with Crippen molar-refractivity contribution in [1.82, 2.24) is 30.1 Å². The molecular formula is C13H12N6O2. The van der Waals surface area contributed by atoms with Crippen molar-refractivity contribution in [3.63, 3.8) is 0 Å². The van der Waals surface area contributed by atoms with Gasteiger partial charge in [0, 0.05) is 25.2 Å². The molecule has 1 amide bonds. The number of nitrogens with one attached hydrogen (secondary N) is 2. The van der Waals surface area contributed by atoms with E-state index in [9.17, 15) is 9.59 Å². The number of pyridine rings is 1. The first-order valence-corrected chi connectivity index (χ1v) is 6.36. The molecule has 0 aliphatic carbocycles. The molecule has 3 aromatic heterocycles. The zero-order valence-electron chi connectivity index (χ0n) is 11.0. The fourth-order valence-electron chi connectivity index (χ4n) is 1.91. The second kappa shape index (κ2) is 5.53. The molecule has 0 aliphatic rings. The van der Waals surface area contributed by atoms with Crippen LogP contribution in [0.25, 0.3) is 5.65 Å². The van der Waals surface area contributed by atoms with Crippen LogP contribution in [0.5, 0.6) is 0 Å². The Labute approximate surface area is 118 Å². The minimum absolute atomic E-state index is 0.167. The highest BCUT2D eigenvalue weighted by atomic mass is 16.2. The van der Waals surface area contributed by atoms with Crippen LogP contribution in [-0.2, 0) is 6.42 Å². The summed E-state index contributed by atoms with van der Waals surface area (Å²) in [6, 6.07) is 8.27. The second-order valence-electron chi connectivity index (χ2n) is 4.36. The summed E-state index contributed by atoms with van der Waals surface area (Å²) in [6.45, 7) is 0.398. The van der Waals surface area contributed by atoms with Crippen molar-refractivity contribution in [3.05, 3.63) is 58.4 Å². The Morgan fingerprint density at radius 3 is 2.95 bits per heavy atom. The van der Waals surface area contributed by atoms with E-state index in [1.54, 1.807) is 0 Å². The smallest absolute Gasteiger partial charge is 0.271 e. The normalized spacial score (nSPS) is 10.7. The molecule has 3 heterocycles. The van der Waals surface area contributed by atoms with Crippen molar-refractivity contribution in [3.8, 4) is 0 Å². The molecule has 0 radical (unpaired) electrons. The predicted octanol–water partition coefficient (Wildman–Crippen LogP) is -0.215. The summed E-state index contributed by atoms with van der Waals surface area (Å²) in [5.74, 6) is 0.417. The van der Waals surface area contributed by atoms with E-state index in [2.05, 4.69) is 25.7 Å². The number of hydrogen-bond acceptors (Lipinski definition) is 5. The van der Waals surface area contributed by atoms with Gasteiger partial charge in [-0.1, -0.05) is 6.07 Å². The third-order valence-electron chi connectivity index (χ3n) is 2.93. The highest BCUT2D eigenvalue weighted by Crippen LogP contribution is 2.02. The molecule has 0 saturated heterocycles. The van der Waals surface area contributed by atoms with Gasteiger partial charge in [0.15, 0.2) is 5.65 Å². The molecule has 0 spiro atoms. The zero-order valence-corrected chi connectivity index (χ0v) is 11.0. The van der Waals surface area contributed by atoms with Crippen LogP contribution in [0.2, 0.25) is 0 Å². The Balaban J connectivity index is 1.62. The summed E-state index contributed by atoms with van der Waals surface area (Å²) in [5.41, 5.74) is 0.586. The fraction of sp³-hybridized carbons (Fsp3) is 0.154. The SMILES string of the molecule is O=C(NCCc1nnc2ccccn12)c1ccc(=O)[nH]n1. The second-order valence-corrected chi connectivity index (χ2v) is 4.36. The largest absolute Gasteiger partial charge is 0.350 e. The quantitative estimate of drug-likeness (QED) is 0.689.